The molecule has 2 amide bonds. The van der Waals surface area contributed by atoms with Crippen molar-refractivity contribution in [3.63, 3.8) is 0 Å². The molecule has 10 rings (SSSR count). The van der Waals surface area contributed by atoms with Gasteiger partial charge in [-0.3, -0.25) is 19.2 Å². The van der Waals surface area contributed by atoms with Gasteiger partial charge in [0.1, 0.15) is 17.8 Å². The molecule has 68 heavy (non-hydrogen) atoms. The van der Waals surface area contributed by atoms with Crippen molar-refractivity contribution < 1.29 is 48.4 Å². The number of ether oxygens (including phenoxy) is 3. The zero-order chi connectivity index (χ0) is 48.1. The summed E-state index contributed by atoms with van der Waals surface area (Å²) >= 11 is 8.09. The Hall–Kier alpha value is -6.37. The quantitative estimate of drug-likeness (QED) is 0.0987. The Kier molecular flexibility index (Phi) is 11.2. The number of aryl methyl sites for hydroxylation is 1. The Morgan fingerprint density at radius 3 is 2.31 bits per heavy atom. The highest BCUT2D eigenvalue weighted by Gasteiger charge is 2.83. The van der Waals surface area contributed by atoms with E-state index in [0.717, 1.165) is 43.2 Å². The van der Waals surface area contributed by atoms with Crippen LogP contribution >= 0.6 is 43.2 Å². The van der Waals surface area contributed by atoms with Crippen molar-refractivity contribution in [3.05, 3.63) is 172 Å². The number of esters is 1. The van der Waals surface area contributed by atoms with Gasteiger partial charge in [0.05, 0.1) is 22.5 Å². The molecule has 5 aromatic rings. The Bertz CT molecular complexity index is 3140. The molecule has 6 atom stereocenters. The largest absolute Gasteiger partial charge is 0.481 e. The monoisotopic (exact) mass is 1060 g/mol. The molecule has 3 aliphatic heterocycles. The number of fused-ring (bicyclic) bond motifs is 4. The van der Waals surface area contributed by atoms with Gasteiger partial charge in [-0.25, -0.2) is 4.79 Å². The van der Waals surface area contributed by atoms with E-state index in [4.69, 9.17) is 14.2 Å². The average molecular weight is 1060 g/mol. The van der Waals surface area contributed by atoms with Crippen molar-refractivity contribution in [2.45, 2.75) is 37.1 Å². The number of ketones is 1. The number of amides is 2. The average Bonchev–Trinajstić information content (AvgIpc) is 4.00. The molecule has 17 heteroatoms. The van der Waals surface area contributed by atoms with Gasteiger partial charge < -0.3 is 44.9 Å². The lowest BCUT2D eigenvalue weighted by molar-refractivity contribution is -0.251. The lowest BCUT2D eigenvalue weighted by Crippen LogP contribution is -2.53. The second kappa shape index (κ2) is 16.7. The number of carbonyl (C=O) groups is 5. The summed E-state index contributed by atoms with van der Waals surface area (Å²) in [7, 11) is 7.74. The van der Waals surface area contributed by atoms with Gasteiger partial charge in [-0.2, -0.15) is 0 Å². The molecule has 2 saturated heterocycles. The maximum Gasteiger partial charge on any atom is 0.336 e. The maximum absolute atomic E-state index is 14.4. The van der Waals surface area contributed by atoms with Gasteiger partial charge >= 0.3 is 11.9 Å². The highest BCUT2D eigenvalue weighted by atomic mass is 79.9. The molecule has 0 saturated carbocycles. The summed E-state index contributed by atoms with van der Waals surface area (Å²) in [5, 5.41) is 28.4. The first-order valence-electron chi connectivity index (χ1n) is 21.5. The topological polar surface area (TPSA) is 184 Å². The fourth-order valence-corrected chi connectivity index (χ4v) is 11.5. The number of halogens is 2. The molecule has 4 aromatic carbocycles. The number of likely N-dealkylation sites (N-methyl/N-ethyl adjacent to an activating group) is 1. The first kappa shape index (κ1) is 45.4. The van der Waals surface area contributed by atoms with Crippen LogP contribution in [0.1, 0.15) is 69.2 Å². The Morgan fingerprint density at radius 2 is 1.60 bits per heavy atom. The molecule has 0 bridgehead atoms. The molecule has 4 N–H and O–H groups in total. The number of carboxylic acids is 1. The standard InChI is InChI=1S/C51H42Br2N4O10S/c1-24-18-35-44(58)50-42(49(63)67-51(50,64)45(35)68-24)41(43(66-50)26-9-17-36(52)37(53)20-26)47(60)55-28-10-6-25(7-11-28)23-54-46(59)27-8-14-31(34(19-27)48(61)62)40-32-15-12-29(56(2)3)21-38(32)65-39-22-30(57(4)5)13-16-33(39)40/h6-22,38,41-43,64H,23H2,1-5H3,(H,54,59)(H,55,60)(H,61,62)/t38?,41-,42-,43-,50+,51?/m0/s1. The summed E-state index contributed by atoms with van der Waals surface area (Å²) < 4.78 is 20.0. The van der Waals surface area contributed by atoms with Crippen LogP contribution in [0.4, 0.5) is 11.4 Å². The first-order valence-corrected chi connectivity index (χ1v) is 23.9. The van der Waals surface area contributed by atoms with Gasteiger partial charge in [0.15, 0.2) is 0 Å². The van der Waals surface area contributed by atoms with Crippen molar-refractivity contribution >= 4 is 89.7 Å². The van der Waals surface area contributed by atoms with Gasteiger partial charge in [0, 0.05) is 99.5 Å². The van der Waals surface area contributed by atoms with E-state index < -0.39 is 65.0 Å². The number of hydrogen-bond donors (Lipinski definition) is 4. The van der Waals surface area contributed by atoms with Crippen molar-refractivity contribution in [2.24, 2.45) is 11.8 Å². The van der Waals surface area contributed by atoms with E-state index in [9.17, 15) is 34.2 Å². The van der Waals surface area contributed by atoms with Crippen LogP contribution in [-0.4, -0.2) is 84.5 Å². The van der Waals surface area contributed by atoms with Gasteiger partial charge in [0.2, 0.25) is 17.3 Å². The van der Waals surface area contributed by atoms with E-state index in [1.807, 2.05) is 74.4 Å². The number of nitrogens with zero attached hydrogens (tertiary/aromatic N) is 2. The van der Waals surface area contributed by atoms with Crippen molar-refractivity contribution in [2.75, 3.05) is 38.4 Å². The number of allylic oxidation sites excluding steroid dienone is 1. The summed E-state index contributed by atoms with van der Waals surface area (Å²) in [6, 6.07) is 23.9. The van der Waals surface area contributed by atoms with Gasteiger partial charge in [-0.15, -0.1) is 11.3 Å². The number of aromatic carboxylic acids is 1. The molecular weight excluding hydrogens is 1020 g/mol. The number of aliphatic hydroxyl groups is 1. The molecule has 4 heterocycles. The van der Waals surface area contributed by atoms with Crippen LogP contribution in [-0.2, 0) is 31.4 Å². The molecule has 5 aliphatic rings. The molecule has 2 fully saturated rings. The second-order valence-electron chi connectivity index (χ2n) is 17.6. The van der Waals surface area contributed by atoms with E-state index in [0.29, 0.717) is 38.2 Å². The molecule has 1 spiro atoms. The van der Waals surface area contributed by atoms with Gasteiger partial charge in [-0.1, -0.05) is 30.3 Å². The summed E-state index contributed by atoms with van der Waals surface area (Å²) in [6.45, 7) is 1.84. The van der Waals surface area contributed by atoms with Gasteiger partial charge in [0.25, 0.3) is 11.7 Å². The van der Waals surface area contributed by atoms with Crippen molar-refractivity contribution in [1.82, 2.24) is 10.2 Å². The molecule has 2 aliphatic carbocycles. The van der Waals surface area contributed by atoms with E-state index in [1.165, 1.54) is 6.07 Å². The summed E-state index contributed by atoms with van der Waals surface area (Å²) in [6.07, 6.45) is 4.29. The molecule has 0 radical (unpaired) electrons. The number of rotatable bonds is 10. The van der Waals surface area contributed by atoms with E-state index >= 15 is 0 Å². The minimum absolute atomic E-state index is 0.0491. The van der Waals surface area contributed by atoms with Crippen molar-refractivity contribution in [1.29, 1.82) is 0 Å². The van der Waals surface area contributed by atoms with Crippen LogP contribution in [0.25, 0.3) is 5.57 Å². The van der Waals surface area contributed by atoms with E-state index in [2.05, 4.69) is 42.5 Å². The van der Waals surface area contributed by atoms with Crippen LogP contribution in [0.2, 0.25) is 0 Å². The number of hydrogen-bond acceptors (Lipinski definition) is 12. The first-order chi connectivity index (χ1) is 32.4. The van der Waals surface area contributed by atoms with Crippen LogP contribution in [0.15, 0.2) is 123 Å². The third-order valence-corrected chi connectivity index (χ3v) is 16.1. The number of Topliss-reactive ketones (excluding diaryl/α,β-unsaturated/α-hetero) is 1. The predicted octanol–water partition coefficient (Wildman–Crippen LogP) is 8.13. The lowest BCUT2D eigenvalue weighted by atomic mass is 9.75. The third-order valence-electron chi connectivity index (χ3n) is 13.1. The maximum atomic E-state index is 14.4. The zero-order valence-electron chi connectivity index (χ0n) is 37.1. The van der Waals surface area contributed by atoms with Crippen LogP contribution in [0.5, 0.6) is 5.75 Å². The van der Waals surface area contributed by atoms with Crippen LogP contribution < -0.4 is 20.3 Å². The Labute approximate surface area is 411 Å². The van der Waals surface area contributed by atoms with E-state index in [1.54, 1.807) is 67.6 Å². The molecular formula is C51H42Br2N4O10S. The van der Waals surface area contributed by atoms with Crippen molar-refractivity contribution in [3.8, 4) is 5.75 Å². The second-order valence-corrected chi connectivity index (χ2v) is 20.6. The highest BCUT2D eigenvalue weighted by Crippen LogP contribution is 2.66. The molecule has 2 unspecified atom stereocenters. The van der Waals surface area contributed by atoms with Crippen LogP contribution in [0, 0.1) is 18.8 Å². The third kappa shape index (κ3) is 7.12. The van der Waals surface area contributed by atoms with E-state index in [-0.39, 0.29) is 28.1 Å². The SMILES string of the molecule is Cc1cc2c(s1)C1(O)OC(=O)[C@@H]3[C@H](C(=O)Nc4ccc(CNC(=O)c5ccc(C6=C7C=CC(N(C)C)=CC7Oc7cc(N(C)C)ccc76)c(C(=O)O)c5)cc4)[C@H](c4ccc(Br)c(Br)c4)O[C@@]31C2=O. The Morgan fingerprint density at radius 1 is 0.853 bits per heavy atom. The minimum Gasteiger partial charge on any atom is -0.481 e. The number of thiophene rings is 1. The number of nitrogens with one attached hydrogen (secondary N) is 2. The minimum atomic E-state index is -2.42. The number of carbonyl (C=O) groups excluding carboxylic acids is 4. The van der Waals surface area contributed by atoms with Crippen LogP contribution in [0.3, 0.4) is 0 Å². The predicted molar refractivity (Wildman–Crippen MR) is 261 cm³/mol. The summed E-state index contributed by atoms with van der Waals surface area (Å²) in [5.41, 5.74) is 4.14. The summed E-state index contributed by atoms with van der Waals surface area (Å²) in [4.78, 5) is 73.9. The highest BCUT2D eigenvalue weighted by molar-refractivity contribution is 9.13. The number of benzene rings is 4. The lowest BCUT2D eigenvalue weighted by Gasteiger charge is -2.33. The normalized spacial score (nSPS) is 23.9. The zero-order valence-corrected chi connectivity index (χ0v) is 41.0. The fourth-order valence-electron chi connectivity index (χ4n) is 9.79. The number of carboxylic acid groups (broad SMARTS) is 1. The molecule has 346 valence electrons. The smallest absolute Gasteiger partial charge is 0.336 e. The van der Waals surface area contributed by atoms with Gasteiger partial charge in [-0.05, 0) is 122 Å². The fraction of sp³-hybridized carbons (Fsp3) is 0.235. The molecule has 1 aromatic heterocycles. The number of anilines is 2. The Balaban J connectivity index is 0.881. The summed E-state index contributed by atoms with van der Waals surface area (Å²) in [5.74, 6) is -8.47. The molecule has 14 nitrogen and oxygen atoms in total.